The number of hydrogen-bond donors (Lipinski definition) is 3. The van der Waals surface area contributed by atoms with E-state index in [1.807, 2.05) is 4.98 Å². The van der Waals surface area contributed by atoms with E-state index in [2.05, 4.69) is 11.8 Å². The Balaban J connectivity index is 2.46. The van der Waals surface area contributed by atoms with Crippen molar-refractivity contribution in [1.82, 2.24) is 9.55 Å². The van der Waals surface area contributed by atoms with Crippen LogP contribution in [-0.4, -0.2) is 38.1 Å². The van der Waals surface area contributed by atoms with Gasteiger partial charge in [-0.2, -0.15) is 0 Å². The lowest BCUT2D eigenvalue weighted by atomic mass is 9.99. The highest BCUT2D eigenvalue weighted by atomic mass is 16.6. The summed E-state index contributed by atoms with van der Waals surface area (Å²) >= 11 is 0. The number of H-pyrrole nitrogens is 1. The molecule has 1 fully saturated rings. The number of nitrogens with one attached hydrogen (secondary N) is 1. The highest BCUT2D eigenvalue weighted by Crippen LogP contribution is 2.35. The predicted octanol–water partition coefficient (Wildman–Crippen LogP) is -1.84. The fourth-order valence-electron chi connectivity index (χ4n) is 2.04. The minimum Gasteiger partial charge on any atom is -0.392 e. The normalized spacial score (nSPS) is 28.8. The van der Waals surface area contributed by atoms with E-state index in [0.717, 1.165) is 10.8 Å². The monoisotopic (exact) mass is 276 g/mol. The van der Waals surface area contributed by atoms with Gasteiger partial charge in [0, 0.05) is 12.6 Å². The van der Waals surface area contributed by atoms with Crippen LogP contribution in [0.1, 0.15) is 18.2 Å². The van der Waals surface area contributed by atoms with Crippen molar-refractivity contribution >= 4 is 0 Å². The molecule has 0 amide bonds. The van der Waals surface area contributed by atoms with Gasteiger partial charge in [-0.25, -0.2) is 4.79 Å². The number of aromatic amines is 1. The Labute approximate surface area is 113 Å². The average Bonchev–Trinajstić information content (AvgIpc) is 2.76. The predicted molar refractivity (Wildman–Crippen MR) is 68.7 cm³/mol. The summed E-state index contributed by atoms with van der Waals surface area (Å²) < 4.78 is 6.44. The van der Waals surface area contributed by atoms with Crippen LogP contribution in [0.5, 0.6) is 0 Å². The number of rotatable bonds is 2. The van der Waals surface area contributed by atoms with Crippen molar-refractivity contribution < 1.29 is 14.9 Å². The fraction of sp³-hybridized carbons (Fsp3) is 0.385. The Kier molecular flexibility index (Phi) is 3.51. The highest BCUT2D eigenvalue weighted by molar-refractivity contribution is 5.26. The molecular weight excluding hydrogens is 264 g/mol. The van der Waals surface area contributed by atoms with Crippen molar-refractivity contribution in [2.45, 2.75) is 24.4 Å². The zero-order valence-corrected chi connectivity index (χ0v) is 10.4. The lowest BCUT2D eigenvalue weighted by Gasteiger charge is -2.23. The van der Waals surface area contributed by atoms with Crippen LogP contribution >= 0.6 is 0 Å². The maximum absolute atomic E-state index is 11.8. The van der Waals surface area contributed by atoms with E-state index in [-0.39, 0.29) is 12.0 Å². The van der Waals surface area contributed by atoms with Gasteiger partial charge in [0.05, 0.1) is 6.61 Å². The van der Waals surface area contributed by atoms with Crippen molar-refractivity contribution in [3.63, 3.8) is 0 Å². The van der Waals surface area contributed by atoms with Crippen molar-refractivity contribution in [1.29, 1.82) is 0 Å². The summed E-state index contributed by atoms with van der Waals surface area (Å²) in [5.74, 6) is 4.32. The van der Waals surface area contributed by atoms with Crippen LogP contribution < -0.4 is 11.2 Å². The van der Waals surface area contributed by atoms with Crippen LogP contribution in [0.3, 0.4) is 0 Å². The molecule has 1 aromatic heterocycles. The first-order valence-corrected chi connectivity index (χ1v) is 5.74. The molecule has 0 aliphatic carbocycles. The molecule has 7 heteroatoms. The highest BCUT2D eigenvalue weighted by Gasteiger charge is 2.47. The number of aliphatic hydroxyl groups is 2. The third-order valence-electron chi connectivity index (χ3n) is 3.22. The SMILES string of the molecule is C#Cc1cn([C@H]2C[C@H](O)[C@@](C#C)(CO)O2)c(=O)[nH]c1=O. The summed E-state index contributed by atoms with van der Waals surface area (Å²) in [6.45, 7) is -0.596. The largest absolute Gasteiger partial charge is 0.392 e. The molecule has 3 atom stereocenters. The molecular formula is C13H12N2O5. The lowest BCUT2D eigenvalue weighted by Crippen LogP contribution is -2.41. The second kappa shape index (κ2) is 4.99. The summed E-state index contributed by atoms with van der Waals surface area (Å²) in [6.07, 6.45) is 9.48. The van der Waals surface area contributed by atoms with E-state index in [9.17, 15) is 19.8 Å². The molecule has 2 heterocycles. The van der Waals surface area contributed by atoms with Gasteiger partial charge in [0.25, 0.3) is 5.56 Å². The quantitative estimate of drug-likeness (QED) is 0.551. The molecule has 0 radical (unpaired) electrons. The summed E-state index contributed by atoms with van der Waals surface area (Å²) in [5, 5.41) is 19.1. The average molecular weight is 276 g/mol. The molecule has 1 saturated heterocycles. The van der Waals surface area contributed by atoms with E-state index >= 15 is 0 Å². The Morgan fingerprint density at radius 1 is 1.55 bits per heavy atom. The molecule has 1 aromatic rings. The molecule has 0 saturated carbocycles. The molecule has 0 aromatic carbocycles. The van der Waals surface area contributed by atoms with Gasteiger partial charge in [-0.05, 0) is 0 Å². The molecule has 104 valence electrons. The Hall–Kier alpha value is -2.32. The molecule has 2 rings (SSSR count). The third kappa shape index (κ3) is 2.04. The van der Waals surface area contributed by atoms with Gasteiger partial charge in [0.2, 0.25) is 0 Å². The molecule has 0 bridgehead atoms. The minimum absolute atomic E-state index is 0.0132. The van der Waals surface area contributed by atoms with Gasteiger partial charge in [0.15, 0.2) is 5.60 Å². The van der Waals surface area contributed by atoms with E-state index in [1.54, 1.807) is 0 Å². The van der Waals surface area contributed by atoms with Crippen molar-refractivity contribution in [3.05, 3.63) is 32.6 Å². The molecule has 3 N–H and O–H groups in total. The van der Waals surface area contributed by atoms with E-state index in [0.29, 0.717) is 0 Å². The van der Waals surface area contributed by atoms with Gasteiger partial charge in [0.1, 0.15) is 17.9 Å². The molecule has 1 aliphatic rings. The summed E-state index contributed by atoms with van der Waals surface area (Å²) in [6, 6.07) is 0. The van der Waals surface area contributed by atoms with E-state index < -0.39 is 35.8 Å². The number of nitrogens with zero attached hydrogens (tertiary/aromatic N) is 1. The summed E-state index contributed by atoms with van der Waals surface area (Å²) in [4.78, 5) is 25.2. The zero-order chi connectivity index (χ0) is 14.9. The smallest absolute Gasteiger partial charge is 0.330 e. The van der Waals surface area contributed by atoms with Crippen LogP contribution in [0.2, 0.25) is 0 Å². The molecule has 0 unspecified atom stereocenters. The van der Waals surface area contributed by atoms with E-state index in [1.165, 1.54) is 0 Å². The van der Waals surface area contributed by atoms with Crippen LogP contribution in [0.4, 0.5) is 0 Å². The van der Waals surface area contributed by atoms with Crippen LogP contribution in [0, 0.1) is 24.7 Å². The maximum atomic E-state index is 11.8. The van der Waals surface area contributed by atoms with Crippen LogP contribution in [0.25, 0.3) is 0 Å². The third-order valence-corrected chi connectivity index (χ3v) is 3.22. The first-order chi connectivity index (χ1) is 9.47. The van der Waals surface area contributed by atoms with Crippen molar-refractivity contribution in [2.75, 3.05) is 6.61 Å². The van der Waals surface area contributed by atoms with Gasteiger partial charge >= 0.3 is 5.69 Å². The van der Waals surface area contributed by atoms with Crippen molar-refractivity contribution in [2.24, 2.45) is 0 Å². The zero-order valence-electron chi connectivity index (χ0n) is 10.4. The van der Waals surface area contributed by atoms with Crippen LogP contribution in [-0.2, 0) is 4.74 Å². The van der Waals surface area contributed by atoms with Gasteiger partial charge in [-0.1, -0.05) is 11.8 Å². The topological polar surface area (TPSA) is 105 Å². The number of ether oxygens (including phenoxy) is 1. The first-order valence-electron chi connectivity index (χ1n) is 5.74. The number of aliphatic hydroxyl groups excluding tert-OH is 2. The Morgan fingerprint density at radius 3 is 2.75 bits per heavy atom. The van der Waals surface area contributed by atoms with E-state index in [4.69, 9.17) is 17.6 Å². The van der Waals surface area contributed by atoms with Crippen molar-refractivity contribution in [3.8, 4) is 24.7 Å². The number of hydrogen-bond acceptors (Lipinski definition) is 5. The number of aromatic nitrogens is 2. The molecule has 0 spiro atoms. The molecule has 7 nitrogen and oxygen atoms in total. The summed E-state index contributed by atoms with van der Waals surface area (Å²) in [7, 11) is 0. The maximum Gasteiger partial charge on any atom is 0.330 e. The second-order valence-corrected chi connectivity index (χ2v) is 4.37. The fourth-order valence-corrected chi connectivity index (χ4v) is 2.04. The second-order valence-electron chi connectivity index (χ2n) is 4.37. The lowest BCUT2D eigenvalue weighted by molar-refractivity contribution is -0.0912. The standard InChI is InChI=1S/C13H12N2O5/c1-3-8-6-15(12(19)14-11(8)18)10-5-9(17)13(4-2,7-16)20-10/h1-2,6,9-10,16-17H,5,7H2,(H,14,18,19)/t9-,10+,13+/m0/s1. The molecule has 1 aliphatic heterocycles. The van der Waals surface area contributed by atoms with Gasteiger partial charge in [-0.3, -0.25) is 14.3 Å². The number of terminal acetylenes is 2. The molecule has 20 heavy (non-hydrogen) atoms. The summed E-state index contributed by atoms with van der Waals surface area (Å²) in [5.41, 5.74) is -3.05. The Morgan fingerprint density at radius 2 is 2.25 bits per heavy atom. The van der Waals surface area contributed by atoms with Crippen LogP contribution in [0.15, 0.2) is 15.8 Å². The minimum atomic E-state index is -1.57. The van der Waals surface area contributed by atoms with Gasteiger partial charge in [-0.15, -0.1) is 12.8 Å². The first kappa shape index (κ1) is 14.1. The Bertz CT molecular complexity index is 720. The van der Waals surface area contributed by atoms with Gasteiger partial charge < -0.3 is 14.9 Å².